The second-order valence-electron chi connectivity index (χ2n) is 5.09. The highest BCUT2D eigenvalue weighted by Crippen LogP contribution is 2.27. The molecule has 0 aliphatic carbocycles. The lowest BCUT2D eigenvalue weighted by Crippen LogP contribution is -2.04. The Labute approximate surface area is 153 Å². The van der Waals surface area contributed by atoms with Gasteiger partial charge in [0.1, 0.15) is 5.76 Å². The topological polar surface area (TPSA) is 60.9 Å². The number of carbonyl (C=O) groups excluding carboxylic acids is 1. The zero-order chi connectivity index (χ0) is 17.3. The van der Waals surface area contributed by atoms with Gasteiger partial charge in [0.05, 0.1) is 22.6 Å². The number of ketones is 1. The number of Topliss-reactive ketones (excluding diaryl/α,β-unsaturated/α-hetero) is 1. The van der Waals surface area contributed by atoms with Crippen LogP contribution in [0.4, 0.5) is 0 Å². The Morgan fingerprint density at radius 3 is 2.75 bits per heavy atom. The number of carbonyl (C=O) groups is 1. The molecule has 0 saturated heterocycles. The molecule has 0 unspecified atom stereocenters. The lowest BCUT2D eigenvalue weighted by molar-refractivity contribution is 0.102. The van der Waals surface area contributed by atoms with Crippen molar-refractivity contribution < 1.29 is 9.21 Å². The van der Waals surface area contributed by atoms with Crippen LogP contribution in [-0.4, -0.2) is 26.3 Å². The minimum absolute atomic E-state index is 0.0919. The van der Waals surface area contributed by atoms with Gasteiger partial charge in [0.15, 0.2) is 16.8 Å². The minimum Gasteiger partial charge on any atom is -0.469 e. The average Bonchev–Trinajstić information content (AvgIpc) is 3.10. The number of aryl methyl sites for hydroxylation is 1. The third-order valence-corrected chi connectivity index (χ3v) is 5.07. The van der Waals surface area contributed by atoms with Gasteiger partial charge in [-0.1, -0.05) is 35.0 Å². The van der Waals surface area contributed by atoms with Gasteiger partial charge in [-0.3, -0.25) is 4.79 Å². The summed E-state index contributed by atoms with van der Waals surface area (Å²) in [7, 11) is 1.85. The van der Waals surface area contributed by atoms with Gasteiger partial charge in [-0.25, -0.2) is 0 Å². The Balaban J connectivity index is 1.75. The highest BCUT2D eigenvalue weighted by Gasteiger charge is 2.17. The predicted octanol–water partition coefficient (Wildman–Crippen LogP) is 4.67. The number of aromatic nitrogens is 3. The monoisotopic (exact) mass is 381 g/mol. The van der Waals surface area contributed by atoms with Gasteiger partial charge in [-0.05, 0) is 31.2 Å². The maximum Gasteiger partial charge on any atom is 0.191 e. The molecular formula is C16H13Cl2N3O2S. The van der Waals surface area contributed by atoms with E-state index in [2.05, 4.69) is 10.2 Å². The van der Waals surface area contributed by atoms with E-state index in [1.54, 1.807) is 24.5 Å². The Morgan fingerprint density at radius 1 is 1.29 bits per heavy atom. The molecular weight excluding hydrogens is 369 g/mol. The van der Waals surface area contributed by atoms with Crippen LogP contribution in [-0.2, 0) is 7.05 Å². The molecule has 2 heterocycles. The molecule has 0 saturated carbocycles. The molecule has 8 heteroatoms. The van der Waals surface area contributed by atoms with Crippen molar-refractivity contribution in [1.82, 2.24) is 14.8 Å². The average molecular weight is 382 g/mol. The van der Waals surface area contributed by atoms with Crippen molar-refractivity contribution in [3.8, 4) is 11.4 Å². The summed E-state index contributed by atoms with van der Waals surface area (Å²) in [6.45, 7) is 1.86. The largest absolute Gasteiger partial charge is 0.469 e. The van der Waals surface area contributed by atoms with Crippen LogP contribution in [0.1, 0.15) is 16.1 Å². The highest BCUT2D eigenvalue weighted by molar-refractivity contribution is 7.99. The lowest BCUT2D eigenvalue weighted by Gasteiger charge is -2.05. The van der Waals surface area contributed by atoms with Crippen molar-refractivity contribution in [3.63, 3.8) is 0 Å². The zero-order valence-electron chi connectivity index (χ0n) is 12.9. The molecule has 0 bridgehead atoms. The standard InChI is InChI=1S/C16H13Cl2N3O2S/c1-9-11(5-6-23-9)15-19-20-16(21(15)2)24-8-14(22)12-4-3-10(17)7-13(12)18/h3-7H,8H2,1-2H3. The fourth-order valence-electron chi connectivity index (χ4n) is 2.22. The van der Waals surface area contributed by atoms with Crippen LogP contribution >= 0.6 is 35.0 Å². The van der Waals surface area contributed by atoms with Crippen LogP contribution in [0.25, 0.3) is 11.4 Å². The molecule has 124 valence electrons. The first-order valence-electron chi connectivity index (χ1n) is 7.02. The SMILES string of the molecule is Cc1occc1-c1nnc(SCC(=O)c2ccc(Cl)cc2Cl)n1C. The first kappa shape index (κ1) is 17.1. The molecule has 3 aromatic rings. The molecule has 0 radical (unpaired) electrons. The number of thioether (sulfide) groups is 1. The van der Waals surface area contributed by atoms with Gasteiger partial charge in [0.2, 0.25) is 0 Å². The summed E-state index contributed by atoms with van der Waals surface area (Å²) in [5.74, 6) is 1.58. The van der Waals surface area contributed by atoms with E-state index >= 15 is 0 Å². The number of hydrogen-bond acceptors (Lipinski definition) is 5. The molecule has 0 aliphatic heterocycles. The molecule has 0 fully saturated rings. The van der Waals surface area contributed by atoms with Gasteiger partial charge >= 0.3 is 0 Å². The van der Waals surface area contributed by atoms with Gasteiger partial charge in [0, 0.05) is 17.6 Å². The number of hydrogen-bond donors (Lipinski definition) is 0. The summed E-state index contributed by atoms with van der Waals surface area (Å²) >= 11 is 13.2. The van der Waals surface area contributed by atoms with Crippen molar-refractivity contribution in [2.24, 2.45) is 7.05 Å². The summed E-state index contributed by atoms with van der Waals surface area (Å²) in [5, 5.41) is 9.81. The van der Waals surface area contributed by atoms with Crippen LogP contribution in [0.2, 0.25) is 10.0 Å². The first-order chi connectivity index (χ1) is 11.5. The molecule has 1 aromatic carbocycles. The third-order valence-electron chi connectivity index (χ3n) is 3.50. The van der Waals surface area contributed by atoms with Crippen molar-refractivity contribution >= 4 is 40.7 Å². The molecule has 5 nitrogen and oxygen atoms in total. The van der Waals surface area contributed by atoms with Crippen molar-refractivity contribution in [2.45, 2.75) is 12.1 Å². The van der Waals surface area contributed by atoms with Gasteiger partial charge in [0.25, 0.3) is 0 Å². The molecule has 3 rings (SSSR count). The van der Waals surface area contributed by atoms with E-state index in [0.29, 0.717) is 26.6 Å². The Morgan fingerprint density at radius 2 is 2.08 bits per heavy atom. The van der Waals surface area contributed by atoms with Crippen LogP contribution in [0.3, 0.4) is 0 Å². The van der Waals surface area contributed by atoms with E-state index in [-0.39, 0.29) is 11.5 Å². The fraction of sp³-hybridized carbons (Fsp3) is 0.188. The summed E-state index contributed by atoms with van der Waals surface area (Å²) in [6, 6.07) is 6.67. The smallest absolute Gasteiger partial charge is 0.191 e. The number of furan rings is 1. The number of benzene rings is 1. The third kappa shape index (κ3) is 3.36. The van der Waals surface area contributed by atoms with Crippen LogP contribution in [0, 0.1) is 6.92 Å². The highest BCUT2D eigenvalue weighted by atomic mass is 35.5. The lowest BCUT2D eigenvalue weighted by atomic mass is 10.1. The van der Waals surface area contributed by atoms with E-state index in [4.69, 9.17) is 27.6 Å². The zero-order valence-corrected chi connectivity index (χ0v) is 15.2. The maximum absolute atomic E-state index is 12.3. The van der Waals surface area contributed by atoms with Crippen molar-refractivity contribution in [3.05, 3.63) is 51.9 Å². The summed E-state index contributed by atoms with van der Waals surface area (Å²) < 4.78 is 7.13. The van der Waals surface area contributed by atoms with Crippen molar-refractivity contribution in [2.75, 3.05) is 5.75 Å². The molecule has 2 aromatic heterocycles. The second-order valence-corrected chi connectivity index (χ2v) is 6.88. The number of halogens is 2. The molecule has 0 amide bonds. The van der Waals surface area contributed by atoms with E-state index in [1.165, 1.54) is 11.8 Å². The maximum atomic E-state index is 12.3. The Bertz CT molecular complexity index is 905. The first-order valence-corrected chi connectivity index (χ1v) is 8.76. The van der Waals surface area contributed by atoms with Gasteiger partial charge < -0.3 is 8.98 Å². The van der Waals surface area contributed by atoms with Crippen LogP contribution in [0.15, 0.2) is 40.1 Å². The van der Waals surface area contributed by atoms with Crippen molar-refractivity contribution in [1.29, 1.82) is 0 Å². The second kappa shape index (κ2) is 7.01. The molecule has 0 N–H and O–H groups in total. The minimum atomic E-state index is -0.0919. The molecule has 24 heavy (non-hydrogen) atoms. The summed E-state index contributed by atoms with van der Waals surface area (Å²) in [5.41, 5.74) is 1.32. The Hall–Kier alpha value is -1.76. The predicted molar refractivity (Wildman–Crippen MR) is 95.0 cm³/mol. The van der Waals surface area contributed by atoms with E-state index in [0.717, 1.165) is 11.3 Å². The Kier molecular flexibility index (Phi) is 4.99. The van der Waals surface area contributed by atoms with E-state index in [9.17, 15) is 4.79 Å². The van der Waals surface area contributed by atoms with Gasteiger partial charge in [-0.15, -0.1) is 10.2 Å². The summed E-state index contributed by atoms with van der Waals surface area (Å²) in [4.78, 5) is 12.3. The van der Waals surface area contributed by atoms with E-state index in [1.807, 2.05) is 24.6 Å². The van der Waals surface area contributed by atoms with Crippen LogP contribution < -0.4 is 0 Å². The molecule has 0 atom stereocenters. The number of rotatable bonds is 5. The molecule has 0 aliphatic rings. The fourth-order valence-corrected chi connectivity index (χ4v) is 3.52. The molecule has 0 spiro atoms. The quantitative estimate of drug-likeness (QED) is 0.474. The summed E-state index contributed by atoms with van der Waals surface area (Å²) in [6.07, 6.45) is 1.61. The van der Waals surface area contributed by atoms with Crippen LogP contribution in [0.5, 0.6) is 0 Å². The van der Waals surface area contributed by atoms with Gasteiger partial charge in [-0.2, -0.15) is 0 Å². The van der Waals surface area contributed by atoms with E-state index < -0.39 is 0 Å². The number of nitrogens with zero attached hydrogens (tertiary/aromatic N) is 3. The normalized spacial score (nSPS) is 11.0.